The highest BCUT2D eigenvalue weighted by Crippen LogP contribution is 2.21. The van der Waals surface area contributed by atoms with Crippen molar-refractivity contribution in [3.05, 3.63) is 69.5 Å². The Bertz CT molecular complexity index is 896. The number of benzene rings is 1. The maximum Gasteiger partial charge on any atom is 0.259 e. The van der Waals surface area contributed by atoms with E-state index < -0.39 is 0 Å². The van der Waals surface area contributed by atoms with Crippen LogP contribution in [-0.4, -0.2) is 10.5 Å². The van der Waals surface area contributed by atoms with E-state index in [9.17, 15) is 9.59 Å². The van der Waals surface area contributed by atoms with Gasteiger partial charge in [0.05, 0.1) is 11.4 Å². The number of fused-ring (bicyclic) bond motifs is 1. The Morgan fingerprint density at radius 2 is 2.00 bits per heavy atom. The first kappa shape index (κ1) is 15.5. The number of carbonyl (C=O) groups is 1. The summed E-state index contributed by atoms with van der Waals surface area (Å²) in [5.74, 6) is -0.172. The number of thiophene rings is 1. The second kappa shape index (κ2) is 6.38. The highest BCUT2D eigenvalue weighted by Gasteiger charge is 2.12. The van der Waals surface area contributed by atoms with Crippen LogP contribution in [0, 0.1) is 6.92 Å². The molecule has 118 valence electrons. The highest BCUT2D eigenvalue weighted by atomic mass is 32.1. The third-order valence-corrected chi connectivity index (χ3v) is 4.79. The van der Waals surface area contributed by atoms with Crippen LogP contribution in [0.1, 0.15) is 23.4 Å². The maximum atomic E-state index is 12.4. The normalized spacial score (nSPS) is 12.3. The third-order valence-electron chi connectivity index (χ3n) is 3.77. The van der Waals surface area contributed by atoms with Gasteiger partial charge in [-0.3, -0.25) is 9.59 Å². The van der Waals surface area contributed by atoms with Gasteiger partial charge in [-0.2, -0.15) is 0 Å². The molecule has 0 bridgehead atoms. The number of carbonyl (C=O) groups excluding carboxylic acids is 1. The number of nitrogens with zero attached hydrogens (tertiary/aromatic N) is 1. The van der Waals surface area contributed by atoms with Crippen molar-refractivity contribution in [2.24, 2.45) is 0 Å². The van der Waals surface area contributed by atoms with Gasteiger partial charge in [-0.15, -0.1) is 11.3 Å². The van der Waals surface area contributed by atoms with Crippen molar-refractivity contribution in [3.63, 3.8) is 0 Å². The molecule has 1 N–H and O–H groups in total. The molecule has 3 aromatic rings. The van der Waals surface area contributed by atoms with Gasteiger partial charge in [0, 0.05) is 15.8 Å². The van der Waals surface area contributed by atoms with Crippen molar-refractivity contribution in [3.8, 4) is 0 Å². The van der Waals surface area contributed by atoms with E-state index in [1.165, 1.54) is 4.57 Å². The molecule has 0 saturated heterocycles. The van der Waals surface area contributed by atoms with Gasteiger partial charge >= 0.3 is 0 Å². The first-order valence-corrected chi connectivity index (χ1v) is 8.30. The minimum atomic E-state index is -0.172. The molecule has 1 atom stereocenters. The lowest BCUT2D eigenvalue weighted by Crippen LogP contribution is -2.33. The molecular weight excluding hydrogens is 308 g/mol. The summed E-state index contributed by atoms with van der Waals surface area (Å²) in [7, 11) is 0. The number of pyridine rings is 1. The molecule has 0 saturated carbocycles. The summed E-state index contributed by atoms with van der Waals surface area (Å²) in [4.78, 5) is 25.7. The fraction of sp³-hybridized carbons (Fsp3) is 0.222. The van der Waals surface area contributed by atoms with E-state index in [0.717, 1.165) is 15.1 Å². The summed E-state index contributed by atoms with van der Waals surface area (Å²) in [6.07, 6.45) is 1.69. The van der Waals surface area contributed by atoms with Crippen molar-refractivity contribution < 1.29 is 4.79 Å². The number of aryl methyl sites for hydroxylation is 1. The Morgan fingerprint density at radius 1 is 1.26 bits per heavy atom. The Labute approximate surface area is 138 Å². The standard InChI is InChI=1S/C18H18N2O2S/c1-12-10-15-16(23-12)8-9-20(18(15)22)11-17(21)19-13(2)14-6-4-3-5-7-14/h3-10,13H,11H2,1-2H3,(H,19,21)/t13-/m1/s1. The average Bonchev–Trinajstić information content (AvgIpc) is 2.92. The monoisotopic (exact) mass is 326 g/mol. The van der Waals surface area contributed by atoms with E-state index in [0.29, 0.717) is 5.39 Å². The van der Waals surface area contributed by atoms with E-state index >= 15 is 0 Å². The minimum Gasteiger partial charge on any atom is -0.348 e. The Morgan fingerprint density at radius 3 is 2.74 bits per heavy atom. The van der Waals surface area contributed by atoms with Gasteiger partial charge in [0.1, 0.15) is 6.54 Å². The van der Waals surface area contributed by atoms with E-state index in [4.69, 9.17) is 0 Å². The minimum absolute atomic E-state index is 0.0286. The average molecular weight is 326 g/mol. The zero-order chi connectivity index (χ0) is 16.4. The van der Waals surface area contributed by atoms with Crippen LogP contribution in [0.5, 0.6) is 0 Å². The lowest BCUT2D eigenvalue weighted by atomic mass is 10.1. The zero-order valence-electron chi connectivity index (χ0n) is 13.1. The van der Waals surface area contributed by atoms with Crippen LogP contribution in [0.3, 0.4) is 0 Å². The number of hydrogen-bond donors (Lipinski definition) is 1. The Hall–Kier alpha value is -2.40. The van der Waals surface area contributed by atoms with Gasteiger partial charge in [0.25, 0.3) is 5.56 Å². The molecule has 0 radical (unpaired) electrons. The second-order valence-corrected chi connectivity index (χ2v) is 6.87. The quantitative estimate of drug-likeness (QED) is 0.800. The molecule has 0 aliphatic carbocycles. The van der Waals surface area contributed by atoms with Crippen molar-refractivity contribution >= 4 is 27.3 Å². The molecule has 2 heterocycles. The van der Waals surface area contributed by atoms with Crippen molar-refractivity contribution in [2.45, 2.75) is 26.4 Å². The molecule has 23 heavy (non-hydrogen) atoms. The van der Waals surface area contributed by atoms with Crippen molar-refractivity contribution in [2.75, 3.05) is 0 Å². The van der Waals surface area contributed by atoms with Crippen LogP contribution < -0.4 is 10.9 Å². The number of aromatic nitrogens is 1. The summed E-state index contributed by atoms with van der Waals surface area (Å²) in [6.45, 7) is 3.94. The van der Waals surface area contributed by atoms with Crippen LogP contribution in [0.2, 0.25) is 0 Å². The van der Waals surface area contributed by atoms with Crippen LogP contribution in [0.15, 0.2) is 53.5 Å². The number of rotatable bonds is 4. The first-order chi connectivity index (χ1) is 11.0. The number of nitrogens with one attached hydrogen (secondary N) is 1. The van der Waals surface area contributed by atoms with Crippen LogP contribution in [0.4, 0.5) is 0 Å². The van der Waals surface area contributed by atoms with E-state index in [1.54, 1.807) is 17.5 Å². The second-order valence-electron chi connectivity index (χ2n) is 5.58. The topological polar surface area (TPSA) is 51.1 Å². The van der Waals surface area contributed by atoms with Gasteiger partial charge in [0.2, 0.25) is 5.91 Å². The smallest absolute Gasteiger partial charge is 0.259 e. The van der Waals surface area contributed by atoms with Gasteiger partial charge in [-0.05, 0) is 31.5 Å². The SMILES string of the molecule is Cc1cc2c(=O)n(CC(=O)N[C@H](C)c3ccccc3)ccc2s1. The largest absolute Gasteiger partial charge is 0.348 e. The van der Waals surface area contributed by atoms with Crippen LogP contribution >= 0.6 is 11.3 Å². The summed E-state index contributed by atoms with van der Waals surface area (Å²) in [6, 6.07) is 13.4. The fourth-order valence-electron chi connectivity index (χ4n) is 2.59. The molecule has 0 fully saturated rings. The molecule has 0 spiro atoms. The maximum absolute atomic E-state index is 12.4. The zero-order valence-corrected chi connectivity index (χ0v) is 13.9. The molecule has 3 rings (SSSR count). The molecule has 4 nitrogen and oxygen atoms in total. The Balaban J connectivity index is 1.75. The lowest BCUT2D eigenvalue weighted by Gasteiger charge is -2.15. The molecule has 0 unspecified atom stereocenters. The number of amides is 1. The summed E-state index contributed by atoms with van der Waals surface area (Å²) >= 11 is 1.59. The molecular formula is C18H18N2O2S. The molecule has 5 heteroatoms. The fourth-order valence-corrected chi connectivity index (χ4v) is 3.50. The van der Waals surface area contributed by atoms with E-state index in [1.807, 2.05) is 56.3 Å². The Kier molecular flexibility index (Phi) is 4.30. The van der Waals surface area contributed by atoms with Crippen LogP contribution in [0.25, 0.3) is 10.1 Å². The summed E-state index contributed by atoms with van der Waals surface area (Å²) in [5.41, 5.74) is 0.923. The van der Waals surface area contributed by atoms with Gasteiger partial charge in [0.15, 0.2) is 0 Å². The molecule has 0 aliphatic rings. The molecule has 2 aromatic heterocycles. The lowest BCUT2D eigenvalue weighted by molar-refractivity contribution is -0.122. The first-order valence-electron chi connectivity index (χ1n) is 7.48. The predicted molar refractivity (Wildman–Crippen MR) is 93.8 cm³/mol. The van der Waals surface area contributed by atoms with E-state index in [-0.39, 0.29) is 24.1 Å². The van der Waals surface area contributed by atoms with Gasteiger partial charge in [-0.25, -0.2) is 0 Å². The molecule has 1 amide bonds. The predicted octanol–water partition coefficient (Wildman–Crippen LogP) is 3.25. The molecule has 0 aliphatic heterocycles. The summed E-state index contributed by atoms with van der Waals surface area (Å²) in [5, 5.41) is 3.61. The van der Waals surface area contributed by atoms with Crippen molar-refractivity contribution in [1.29, 1.82) is 0 Å². The van der Waals surface area contributed by atoms with Gasteiger partial charge in [-0.1, -0.05) is 30.3 Å². The number of hydrogen-bond acceptors (Lipinski definition) is 3. The highest BCUT2D eigenvalue weighted by molar-refractivity contribution is 7.18. The summed E-state index contributed by atoms with van der Waals surface area (Å²) < 4.78 is 2.42. The van der Waals surface area contributed by atoms with E-state index in [2.05, 4.69) is 5.32 Å². The van der Waals surface area contributed by atoms with Crippen molar-refractivity contribution in [1.82, 2.24) is 9.88 Å². The molecule has 1 aromatic carbocycles. The van der Waals surface area contributed by atoms with Gasteiger partial charge < -0.3 is 9.88 Å². The van der Waals surface area contributed by atoms with Crippen LogP contribution in [-0.2, 0) is 11.3 Å². The third kappa shape index (κ3) is 3.35.